The van der Waals surface area contributed by atoms with Crippen LogP contribution in [0.2, 0.25) is 0 Å². The maximum atomic E-state index is 4.40. The summed E-state index contributed by atoms with van der Waals surface area (Å²) in [5.41, 5.74) is 4.18. The van der Waals surface area contributed by atoms with E-state index in [-0.39, 0.29) is 0 Å². The van der Waals surface area contributed by atoms with E-state index < -0.39 is 0 Å². The van der Waals surface area contributed by atoms with Crippen LogP contribution in [0.5, 0.6) is 0 Å². The zero-order valence-corrected chi connectivity index (χ0v) is 9.56. The van der Waals surface area contributed by atoms with Crippen LogP contribution in [-0.2, 0) is 0 Å². The van der Waals surface area contributed by atoms with Crippen molar-refractivity contribution in [3.63, 3.8) is 0 Å². The first-order chi connectivity index (χ1) is 8.92. The smallest absolute Gasteiger partial charge is 0.144 e. The van der Waals surface area contributed by atoms with E-state index >= 15 is 0 Å². The molecule has 0 saturated carbocycles. The zero-order chi connectivity index (χ0) is 11.9. The van der Waals surface area contributed by atoms with Crippen LogP contribution < -0.4 is 0 Å². The number of rotatable bonds is 1. The van der Waals surface area contributed by atoms with Crippen molar-refractivity contribution in [2.24, 2.45) is 0 Å². The number of nitrogens with zero attached hydrogens (tertiary/aromatic N) is 4. The molecule has 0 fully saturated rings. The van der Waals surface area contributed by atoms with Crippen LogP contribution in [0.4, 0.5) is 0 Å². The number of aromatic nitrogens is 4. The third kappa shape index (κ3) is 1.26. The van der Waals surface area contributed by atoms with Gasteiger partial charge >= 0.3 is 0 Å². The Labute approximate surface area is 103 Å². The summed E-state index contributed by atoms with van der Waals surface area (Å²) in [5.74, 6) is 0. The maximum Gasteiger partial charge on any atom is 0.144 e. The minimum atomic E-state index is 0.953. The average molecular weight is 234 g/mol. The summed E-state index contributed by atoms with van der Waals surface area (Å²) < 4.78 is 4.04. The van der Waals surface area contributed by atoms with Gasteiger partial charge in [-0.25, -0.2) is 9.97 Å². The summed E-state index contributed by atoms with van der Waals surface area (Å²) >= 11 is 0. The lowest BCUT2D eigenvalue weighted by atomic mass is 10.1. The van der Waals surface area contributed by atoms with Gasteiger partial charge in [-0.3, -0.25) is 0 Å². The summed E-state index contributed by atoms with van der Waals surface area (Å²) in [4.78, 5) is 8.65. The first-order valence-electron chi connectivity index (χ1n) is 5.76. The Bertz CT molecular complexity index is 841. The molecule has 0 unspecified atom stereocenters. The number of fused-ring (bicyclic) bond motifs is 2. The normalized spacial score (nSPS) is 11.3. The van der Waals surface area contributed by atoms with E-state index in [1.54, 1.807) is 6.20 Å². The van der Waals surface area contributed by atoms with Gasteiger partial charge < -0.3 is 8.80 Å². The fourth-order valence-corrected chi connectivity index (χ4v) is 2.25. The highest BCUT2D eigenvalue weighted by Gasteiger charge is 2.05. The molecule has 0 aliphatic rings. The largest absolute Gasteiger partial charge is 0.307 e. The molecule has 0 aromatic carbocycles. The van der Waals surface area contributed by atoms with E-state index in [0.717, 1.165) is 22.4 Å². The minimum absolute atomic E-state index is 0.953. The topological polar surface area (TPSA) is 34.6 Å². The van der Waals surface area contributed by atoms with Gasteiger partial charge in [-0.15, -0.1) is 0 Å². The highest BCUT2D eigenvalue weighted by Crippen LogP contribution is 2.23. The number of imidazole rings is 2. The summed E-state index contributed by atoms with van der Waals surface area (Å²) in [5, 5.41) is 0. The second-order valence-corrected chi connectivity index (χ2v) is 4.19. The van der Waals surface area contributed by atoms with Gasteiger partial charge in [0.25, 0.3) is 0 Å². The molecule has 4 rings (SSSR count). The monoisotopic (exact) mass is 234 g/mol. The third-order valence-corrected chi connectivity index (χ3v) is 3.12. The first kappa shape index (κ1) is 9.41. The predicted molar refractivity (Wildman–Crippen MR) is 69.4 cm³/mol. The van der Waals surface area contributed by atoms with Crippen LogP contribution >= 0.6 is 0 Å². The van der Waals surface area contributed by atoms with Crippen LogP contribution in [0.3, 0.4) is 0 Å². The summed E-state index contributed by atoms with van der Waals surface area (Å²) in [7, 11) is 0. The van der Waals surface area contributed by atoms with Crippen molar-refractivity contribution in [2.75, 3.05) is 0 Å². The molecule has 0 saturated heterocycles. The zero-order valence-electron chi connectivity index (χ0n) is 9.56. The maximum absolute atomic E-state index is 4.40. The lowest BCUT2D eigenvalue weighted by molar-refractivity contribution is 1.17. The quantitative estimate of drug-likeness (QED) is 0.507. The lowest BCUT2D eigenvalue weighted by Gasteiger charge is -2.04. The summed E-state index contributed by atoms with van der Waals surface area (Å²) in [6, 6.07) is 8.21. The van der Waals surface area contributed by atoms with Gasteiger partial charge in [-0.2, -0.15) is 0 Å². The van der Waals surface area contributed by atoms with Crippen LogP contribution in [0.1, 0.15) is 0 Å². The first-order valence-corrected chi connectivity index (χ1v) is 5.76. The van der Waals surface area contributed by atoms with Crippen LogP contribution in [-0.4, -0.2) is 18.8 Å². The van der Waals surface area contributed by atoms with Gasteiger partial charge in [0.1, 0.15) is 11.3 Å². The van der Waals surface area contributed by atoms with Crippen molar-refractivity contribution >= 4 is 11.3 Å². The Morgan fingerprint density at radius 3 is 2.72 bits per heavy atom. The van der Waals surface area contributed by atoms with E-state index in [1.165, 1.54) is 0 Å². The molecule has 0 spiro atoms. The number of pyridine rings is 2. The molecule has 0 aliphatic carbocycles. The van der Waals surface area contributed by atoms with Gasteiger partial charge in [0.05, 0.1) is 0 Å². The molecule has 4 heteroatoms. The molecule has 0 bridgehead atoms. The van der Waals surface area contributed by atoms with Crippen molar-refractivity contribution in [3.8, 4) is 11.1 Å². The van der Waals surface area contributed by atoms with Gasteiger partial charge in [0.2, 0.25) is 0 Å². The van der Waals surface area contributed by atoms with E-state index in [2.05, 4.69) is 28.3 Å². The third-order valence-electron chi connectivity index (χ3n) is 3.12. The molecule has 4 aromatic rings. The fraction of sp³-hybridized carbons (Fsp3) is 0. The van der Waals surface area contributed by atoms with Crippen LogP contribution in [0.25, 0.3) is 22.4 Å². The Balaban J connectivity index is 2.03. The Morgan fingerprint density at radius 2 is 1.72 bits per heavy atom. The molecular weight excluding hydrogens is 224 g/mol. The van der Waals surface area contributed by atoms with Crippen LogP contribution in [0, 0.1) is 0 Å². The molecule has 4 heterocycles. The van der Waals surface area contributed by atoms with Gasteiger partial charge in [-0.05, 0) is 24.3 Å². The van der Waals surface area contributed by atoms with Crippen LogP contribution in [0.15, 0.2) is 61.4 Å². The Morgan fingerprint density at radius 1 is 0.833 bits per heavy atom. The highest BCUT2D eigenvalue weighted by atomic mass is 15.0. The average Bonchev–Trinajstić information content (AvgIpc) is 3.05. The van der Waals surface area contributed by atoms with Crippen molar-refractivity contribution in [3.05, 3.63) is 61.4 Å². The van der Waals surface area contributed by atoms with Crippen molar-refractivity contribution in [1.29, 1.82) is 0 Å². The van der Waals surface area contributed by atoms with Gasteiger partial charge in [-0.1, -0.05) is 0 Å². The van der Waals surface area contributed by atoms with Gasteiger partial charge in [0.15, 0.2) is 0 Å². The molecule has 0 radical (unpaired) electrons. The van der Waals surface area contributed by atoms with E-state index in [9.17, 15) is 0 Å². The van der Waals surface area contributed by atoms with E-state index in [0.29, 0.717) is 0 Å². The molecule has 0 amide bonds. The Kier molecular flexibility index (Phi) is 1.80. The summed E-state index contributed by atoms with van der Waals surface area (Å²) in [6.07, 6.45) is 11.6. The molecule has 18 heavy (non-hydrogen) atoms. The second kappa shape index (κ2) is 3.43. The standard InChI is InChI=1S/C14H10N4/c1-2-12(14-16-6-8-17(14)7-1)11-3-4-13-15-5-9-18(13)10-11/h1-10H. The fourth-order valence-electron chi connectivity index (χ4n) is 2.25. The van der Waals surface area contributed by atoms with Crippen molar-refractivity contribution in [1.82, 2.24) is 18.8 Å². The lowest BCUT2D eigenvalue weighted by Crippen LogP contribution is -1.89. The molecule has 4 aromatic heterocycles. The van der Waals surface area contributed by atoms with Gasteiger partial charge in [0, 0.05) is 48.3 Å². The predicted octanol–water partition coefficient (Wildman–Crippen LogP) is 2.65. The molecule has 0 atom stereocenters. The van der Waals surface area contributed by atoms with E-state index in [4.69, 9.17) is 0 Å². The number of hydrogen-bond acceptors (Lipinski definition) is 2. The highest BCUT2D eigenvalue weighted by molar-refractivity contribution is 5.77. The molecule has 0 N–H and O–H groups in total. The Hall–Kier alpha value is -2.62. The van der Waals surface area contributed by atoms with Crippen molar-refractivity contribution in [2.45, 2.75) is 0 Å². The minimum Gasteiger partial charge on any atom is -0.307 e. The number of hydrogen-bond donors (Lipinski definition) is 0. The molecule has 0 aliphatic heterocycles. The molecule has 4 nitrogen and oxygen atoms in total. The molecule has 86 valence electrons. The SMILES string of the molecule is c1cc(-c2ccc3nccn3c2)c2nccn2c1. The second-order valence-electron chi connectivity index (χ2n) is 4.19. The molecular formula is C14H10N4. The summed E-state index contributed by atoms with van der Waals surface area (Å²) in [6.45, 7) is 0. The van der Waals surface area contributed by atoms with Crippen molar-refractivity contribution < 1.29 is 0 Å². The van der Waals surface area contributed by atoms with E-state index in [1.807, 2.05) is 45.7 Å².